The Balaban J connectivity index is 1.68. The van der Waals surface area contributed by atoms with Crippen molar-refractivity contribution in [2.45, 2.75) is 39.7 Å². The van der Waals surface area contributed by atoms with Crippen LogP contribution in [0.15, 0.2) is 40.2 Å². The molecule has 1 aromatic carbocycles. The maximum Gasteiger partial charge on any atom is 0.296 e. The van der Waals surface area contributed by atoms with E-state index in [4.69, 9.17) is 4.52 Å². The first-order chi connectivity index (χ1) is 13.3. The summed E-state index contributed by atoms with van der Waals surface area (Å²) in [6.07, 6.45) is 0. The molecule has 7 nitrogen and oxygen atoms in total. The van der Waals surface area contributed by atoms with Crippen LogP contribution < -0.4 is 10.6 Å². The molecule has 0 spiro atoms. The van der Waals surface area contributed by atoms with Crippen molar-refractivity contribution >= 4 is 28.3 Å². The summed E-state index contributed by atoms with van der Waals surface area (Å²) in [5.74, 6) is -0.0895. The maximum absolute atomic E-state index is 12.3. The fraction of sp³-hybridized carbons (Fsp3) is 0.300. The van der Waals surface area contributed by atoms with Crippen molar-refractivity contribution in [3.63, 3.8) is 0 Å². The zero-order valence-electron chi connectivity index (χ0n) is 16.1. The summed E-state index contributed by atoms with van der Waals surface area (Å²) >= 11 is 1.34. The zero-order valence-corrected chi connectivity index (χ0v) is 17.0. The first-order valence-corrected chi connectivity index (χ1v) is 9.82. The van der Waals surface area contributed by atoms with Crippen LogP contribution in [0.1, 0.15) is 61.5 Å². The van der Waals surface area contributed by atoms with Gasteiger partial charge in [-0.15, -0.1) is 11.3 Å². The Kier molecular flexibility index (Phi) is 5.89. The summed E-state index contributed by atoms with van der Waals surface area (Å²) in [5, 5.41) is 11.8. The fourth-order valence-electron chi connectivity index (χ4n) is 2.62. The number of aromatic nitrogens is 2. The Morgan fingerprint density at radius 2 is 1.86 bits per heavy atom. The highest BCUT2D eigenvalue weighted by Crippen LogP contribution is 2.26. The van der Waals surface area contributed by atoms with Crippen molar-refractivity contribution in [3.05, 3.63) is 52.7 Å². The number of carbonyl (C=O) groups is 2. The third kappa shape index (κ3) is 4.64. The Bertz CT molecular complexity index is 976. The minimum Gasteiger partial charge on any atom is -0.351 e. The van der Waals surface area contributed by atoms with Gasteiger partial charge in [-0.3, -0.25) is 14.9 Å². The topological polar surface area (TPSA) is 97.1 Å². The molecule has 0 fully saturated rings. The molecule has 2 N–H and O–H groups in total. The molecule has 1 atom stereocenters. The van der Waals surface area contributed by atoms with E-state index in [1.54, 1.807) is 6.07 Å². The van der Waals surface area contributed by atoms with Gasteiger partial charge < -0.3 is 9.84 Å². The van der Waals surface area contributed by atoms with E-state index in [0.29, 0.717) is 5.13 Å². The van der Waals surface area contributed by atoms with Gasteiger partial charge in [0.1, 0.15) is 0 Å². The number of anilines is 1. The van der Waals surface area contributed by atoms with Crippen LogP contribution >= 0.6 is 11.3 Å². The number of rotatable bonds is 6. The van der Waals surface area contributed by atoms with E-state index in [1.807, 2.05) is 50.4 Å². The van der Waals surface area contributed by atoms with Crippen LogP contribution in [0.5, 0.6) is 0 Å². The van der Waals surface area contributed by atoms with E-state index in [9.17, 15) is 9.59 Å². The monoisotopic (exact) mass is 398 g/mol. The predicted molar refractivity (Wildman–Crippen MR) is 108 cm³/mol. The second-order valence-electron chi connectivity index (χ2n) is 6.81. The molecule has 1 unspecified atom stereocenters. The van der Waals surface area contributed by atoms with Crippen LogP contribution in [0.4, 0.5) is 5.13 Å². The second-order valence-corrected chi connectivity index (χ2v) is 7.67. The third-order valence-corrected chi connectivity index (χ3v) is 4.95. The first-order valence-electron chi connectivity index (χ1n) is 8.94. The van der Waals surface area contributed by atoms with Crippen LogP contribution in [-0.4, -0.2) is 22.0 Å². The highest BCUT2D eigenvalue weighted by atomic mass is 32.1. The van der Waals surface area contributed by atoms with Gasteiger partial charge in [-0.2, -0.15) is 0 Å². The van der Waals surface area contributed by atoms with Gasteiger partial charge in [0.05, 0.1) is 17.4 Å². The van der Waals surface area contributed by atoms with Crippen molar-refractivity contribution in [3.8, 4) is 11.3 Å². The standard InChI is InChI=1S/C20H22N4O3S/c1-11(2)16-9-18(27-24-16)19(26)23-20-22-17(10-28-20)15-7-5-14(6-8-15)12(3)21-13(4)25/h5-12H,1-4H3,(H,21,25)(H,22,23,26). The fourth-order valence-corrected chi connectivity index (χ4v) is 3.34. The summed E-state index contributed by atoms with van der Waals surface area (Å²) in [5.41, 5.74) is 3.43. The molecule has 8 heteroatoms. The lowest BCUT2D eigenvalue weighted by molar-refractivity contribution is -0.119. The Morgan fingerprint density at radius 1 is 1.14 bits per heavy atom. The van der Waals surface area contributed by atoms with E-state index in [0.717, 1.165) is 22.5 Å². The maximum atomic E-state index is 12.3. The lowest BCUT2D eigenvalue weighted by atomic mass is 10.1. The number of thiazole rings is 1. The van der Waals surface area contributed by atoms with E-state index in [-0.39, 0.29) is 29.5 Å². The van der Waals surface area contributed by atoms with Crippen LogP contribution in [0.2, 0.25) is 0 Å². The molecule has 2 heterocycles. The molecule has 0 aliphatic heterocycles. The number of carbonyl (C=O) groups excluding carboxylic acids is 2. The van der Waals surface area contributed by atoms with Crippen LogP contribution in [0, 0.1) is 0 Å². The lowest BCUT2D eigenvalue weighted by Crippen LogP contribution is -2.23. The smallest absolute Gasteiger partial charge is 0.296 e. The van der Waals surface area contributed by atoms with Crippen molar-refractivity contribution < 1.29 is 14.1 Å². The van der Waals surface area contributed by atoms with Gasteiger partial charge in [-0.25, -0.2) is 4.98 Å². The lowest BCUT2D eigenvalue weighted by Gasteiger charge is -2.12. The zero-order chi connectivity index (χ0) is 20.3. The van der Waals surface area contributed by atoms with Crippen molar-refractivity contribution in [2.24, 2.45) is 0 Å². The molecule has 3 rings (SSSR count). The van der Waals surface area contributed by atoms with E-state index < -0.39 is 0 Å². The number of nitrogens with one attached hydrogen (secondary N) is 2. The number of amides is 2. The van der Waals surface area contributed by atoms with Gasteiger partial charge in [-0.05, 0) is 18.4 Å². The Hall–Kier alpha value is -3.00. The molecule has 0 bridgehead atoms. The molecular formula is C20H22N4O3S. The molecule has 2 aromatic heterocycles. The average molecular weight is 398 g/mol. The Morgan fingerprint density at radius 3 is 2.46 bits per heavy atom. The summed E-state index contributed by atoms with van der Waals surface area (Å²) in [7, 11) is 0. The SMILES string of the molecule is CC(=O)NC(C)c1ccc(-c2csc(NC(=O)c3cc(C(C)C)no3)n2)cc1. The Labute approximate surface area is 167 Å². The minimum atomic E-state index is -0.375. The van der Waals surface area contributed by atoms with Gasteiger partial charge in [0, 0.05) is 23.9 Å². The molecule has 28 heavy (non-hydrogen) atoms. The van der Waals surface area contributed by atoms with E-state index >= 15 is 0 Å². The molecular weight excluding hydrogens is 376 g/mol. The number of hydrogen-bond donors (Lipinski definition) is 2. The van der Waals surface area contributed by atoms with Crippen LogP contribution in [0.3, 0.4) is 0 Å². The summed E-state index contributed by atoms with van der Waals surface area (Å²) in [6.45, 7) is 7.39. The number of nitrogens with zero attached hydrogens (tertiary/aromatic N) is 2. The molecule has 146 valence electrons. The number of benzene rings is 1. The second kappa shape index (κ2) is 8.35. The predicted octanol–water partition coefficient (Wildman–Crippen LogP) is 4.37. The minimum absolute atomic E-state index is 0.0607. The van der Waals surface area contributed by atoms with E-state index in [1.165, 1.54) is 18.3 Å². The molecule has 0 aliphatic carbocycles. The summed E-state index contributed by atoms with van der Waals surface area (Å²) in [6, 6.07) is 9.38. The summed E-state index contributed by atoms with van der Waals surface area (Å²) in [4.78, 5) is 27.9. The average Bonchev–Trinajstić information content (AvgIpc) is 3.31. The van der Waals surface area contributed by atoms with E-state index in [2.05, 4.69) is 20.8 Å². The first kappa shape index (κ1) is 19.8. The van der Waals surface area contributed by atoms with Crippen molar-refractivity contribution in [1.82, 2.24) is 15.5 Å². The molecule has 0 saturated heterocycles. The third-order valence-electron chi connectivity index (χ3n) is 4.19. The van der Waals surface area contributed by atoms with Crippen molar-refractivity contribution in [1.29, 1.82) is 0 Å². The van der Waals surface area contributed by atoms with Gasteiger partial charge >= 0.3 is 0 Å². The molecule has 2 amide bonds. The van der Waals surface area contributed by atoms with Crippen LogP contribution in [0.25, 0.3) is 11.3 Å². The van der Waals surface area contributed by atoms with Gasteiger partial charge in [0.15, 0.2) is 5.13 Å². The quantitative estimate of drug-likeness (QED) is 0.642. The molecule has 0 saturated carbocycles. The van der Waals surface area contributed by atoms with Gasteiger partial charge in [0.25, 0.3) is 5.91 Å². The molecule has 0 radical (unpaired) electrons. The highest BCUT2D eigenvalue weighted by molar-refractivity contribution is 7.14. The highest BCUT2D eigenvalue weighted by Gasteiger charge is 2.16. The van der Waals surface area contributed by atoms with Crippen LogP contribution in [-0.2, 0) is 4.79 Å². The van der Waals surface area contributed by atoms with Crippen molar-refractivity contribution in [2.75, 3.05) is 5.32 Å². The number of hydrogen-bond acceptors (Lipinski definition) is 6. The molecule has 3 aromatic rings. The summed E-state index contributed by atoms with van der Waals surface area (Å²) < 4.78 is 5.10. The van der Waals surface area contributed by atoms with Gasteiger partial charge in [0.2, 0.25) is 11.7 Å². The normalized spacial score (nSPS) is 12.0. The molecule has 0 aliphatic rings. The largest absolute Gasteiger partial charge is 0.351 e. The van der Waals surface area contributed by atoms with Gasteiger partial charge in [-0.1, -0.05) is 43.3 Å².